The molecule has 1 fully saturated rings. The Morgan fingerprint density at radius 1 is 1.24 bits per heavy atom. The number of amides is 1. The number of guanidine groups is 1. The fourth-order valence-corrected chi connectivity index (χ4v) is 3.82. The number of alkyl halides is 3. The van der Waals surface area contributed by atoms with Crippen molar-refractivity contribution in [1.82, 2.24) is 19.8 Å². The van der Waals surface area contributed by atoms with E-state index in [1.807, 2.05) is 0 Å². The highest BCUT2D eigenvalue weighted by Gasteiger charge is 2.34. The number of pyridine rings is 1. The Morgan fingerprint density at radius 2 is 1.97 bits per heavy atom. The topological polar surface area (TPSA) is 111 Å². The number of hydrogen-bond donors (Lipinski definition) is 3. The van der Waals surface area contributed by atoms with E-state index in [4.69, 9.17) is 15.9 Å². The molecule has 1 aliphatic heterocycles. The lowest BCUT2D eigenvalue weighted by Crippen LogP contribution is -2.38. The van der Waals surface area contributed by atoms with Crippen LogP contribution in [0.4, 0.5) is 13.2 Å². The standard InChI is InChI=1S/C22H23F3N6O2/c1-30(21(26)27)20(32)19-11-16-17(22(23,24)25)9-15(10-18(16)29-19)33-14-4-5-28-13(8-14)12-31-6-2-3-7-31/h4-5,8-11,29H,2-3,6-7,12H2,1H3,(H3,26,27). The van der Waals surface area contributed by atoms with Crippen molar-refractivity contribution in [3.63, 3.8) is 0 Å². The molecule has 2 aromatic heterocycles. The summed E-state index contributed by atoms with van der Waals surface area (Å²) >= 11 is 0. The van der Waals surface area contributed by atoms with E-state index in [-0.39, 0.29) is 22.3 Å². The van der Waals surface area contributed by atoms with E-state index in [0.29, 0.717) is 12.3 Å². The average molecular weight is 460 g/mol. The van der Waals surface area contributed by atoms with Gasteiger partial charge in [-0.1, -0.05) is 0 Å². The molecule has 1 amide bonds. The number of fused-ring (bicyclic) bond motifs is 1. The number of carbonyl (C=O) groups excluding carboxylic acids is 1. The minimum Gasteiger partial charge on any atom is -0.457 e. The van der Waals surface area contributed by atoms with Gasteiger partial charge in [-0.05, 0) is 44.1 Å². The second-order valence-corrected chi connectivity index (χ2v) is 7.93. The highest BCUT2D eigenvalue weighted by molar-refractivity contribution is 6.06. The van der Waals surface area contributed by atoms with Crippen molar-refractivity contribution in [3.05, 3.63) is 53.5 Å². The van der Waals surface area contributed by atoms with Crippen LogP contribution in [0.3, 0.4) is 0 Å². The van der Waals surface area contributed by atoms with Gasteiger partial charge in [0.1, 0.15) is 17.2 Å². The van der Waals surface area contributed by atoms with Crippen molar-refractivity contribution < 1.29 is 22.7 Å². The number of rotatable bonds is 5. The van der Waals surface area contributed by atoms with Crippen molar-refractivity contribution in [2.24, 2.45) is 5.73 Å². The molecule has 4 N–H and O–H groups in total. The van der Waals surface area contributed by atoms with Gasteiger partial charge in [0, 0.05) is 37.3 Å². The number of nitrogens with one attached hydrogen (secondary N) is 2. The highest BCUT2D eigenvalue weighted by atomic mass is 19.4. The zero-order valence-corrected chi connectivity index (χ0v) is 17.9. The number of carbonyl (C=O) groups is 1. The van der Waals surface area contributed by atoms with Crippen LogP contribution in [-0.4, -0.2) is 51.8 Å². The SMILES string of the molecule is CN(C(=N)N)C(=O)c1cc2c(C(F)(F)F)cc(Oc3ccnc(CN4CCCC4)c3)cc2[nH]1. The van der Waals surface area contributed by atoms with Gasteiger partial charge in [-0.25, -0.2) is 0 Å². The Hall–Kier alpha value is -3.60. The van der Waals surface area contributed by atoms with Crippen LogP contribution < -0.4 is 10.5 Å². The first-order valence-electron chi connectivity index (χ1n) is 10.3. The average Bonchev–Trinajstić information content (AvgIpc) is 3.41. The minimum atomic E-state index is -4.67. The van der Waals surface area contributed by atoms with E-state index in [2.05, 4.69) is 14.9 Å². The molecule has 0 unspecified atom stereocenters. The van der Waals surface area contributed by atoms with Crippen LogP contribution in [0, 0.1) is 5.41 Å². The van der Waals surface area contributed by atoms with Gasteiger partial charge in [-0.3, -0.25) is 25.0 Å². The number of hydrogen-bond acceptors (Lipinski definition) is 5. The molecule has 1 saturated heterocycles. The molecule has 1 aromatic carbocycles. The minimum absolute atomic E-state index is 0.0334. The van der Waals surface area contributed by atoms with Gasteiger partial charge in [0.05, 0.1) is 16.8 Å². The van der Waals surface area contributed by atoms with Crippen LogP contribution in [0.15, 0.2) is 36.5 Å². The largest absolute Gasteiger partial charge is 0.457 e. The van der Waals surface area contributed by atoms with Crippen LogP contribution in [0.5, 0.6) is 11.5 Å². The molecule has 8 nitrogen and oxygen atoms in total. The van der Waals surface area contributed by atoms with Crippen LogP contribution >= 0.6 is 0 Å². The molecule has 33 heavy (non-hydrogen) atoms. The van der Waals surface area contributed by atoms with Crippen LogP contribution in [-0.2, 0) is 12.7 Å². The Balaban J connectivity index is 1.67. The zero-order chi connectivity index (χ0) is 23.8. The van der Waals surface area contributed by atoms with E-state index >= 15 is 0 Å². The van der Waals surface area contributed by atoms with Crippen molar-refractivity contribution in [2.45, 2.75) is 25.6 Å². The van der Waals surface area contributed by atoms with Crippen molar-refractivity contribution in [1.29, 1.82) is 5.41 Å². The second kappa shape index (κ2) is 8.74. The summed E-state index contributed by atoms with van der Waals surface area (Å²) in [6, 6.07) is 6.69. The van der Waals surface area contributed by atoms with Crippen molar-refractivity contribution in [3.8, 4) is 11.5 Å². The maximum atomic E-state index is 13.8. The Labute approximate surface area is 187 Å². The lowest BCUT2D eigenvalue weighted by Gasteiger charge is -2.15. The summed E-state index contributed by atoms with van der Waals surface area (Å²) in [5, 5.41) is 7.18. The van der Waals surface area contributed by atoms with Gasteiger partial charge in [0.2, 0.25) is 0 Å². The lowest BCUT2D eigenvalue weighted by molar-refractivity contribution is -0.136. The molecular formula is C22H23F3N6O2. The first-order chi connectivity index (χ1) is 15.6. The molecule has 0 radical (unpaired) electrons. The third-order valence-electron chi connectivity index (χ3n) is 5.52. The highest BCUT2D eigenvalue weighted by Crippen LogP contribution is 2.39. The molecule has 3 heterocycles. The summed E-state index contributed by atoms with van der Waals surface area (Å²) in [7, 11) is 1.26. The van der Waals surface area contributed by atoms with Gasteiger partial charge < -0.3 is 15.5 Å². The van der Waals surface area contributed by atoms with Crippen molar-refractivity contribution >= 4 is 22.8 Å². The summed E-state index contributed by atoms with van der Waals surface area (Å²) in [6.45, 7) is 2.63. The maximum absolute atomic E-state index is 13.8. The molecule has 0 atom stereocenters. The molecule has 0 aliphatic carbocycles. The monoisotopic (exact) mass is 460 g/mol. The Kier molecular flexibility index (Phi) is 5.98. The van der Waals surface area contributed by atoms with Gasteiger partial charge in [-0.15, -0.1) is 0 Å². The molecule has 4 rings (SSSR count). The predicted molar refractivity (Wildman–Crippen MR) is 116 cm³/mol. The first-order valence-corrected chi connectivity index (χ1v) is 10.3. The molecule has 3 aromatic rings. The Bertz CT molecular complexity index is 1200. The number of H-pyrrole nitrogens is 1. The van der Waals surface area contributed by atoms with Crippen molar-refractivity contribution in [2.75, 3.05) is 20.1 Å². The lowest BCUT2D eigenvalue weighted by atomic mass is 10.1. The van der Waals surface area contributed by atoms with Crippen LogP contribution in [0.2, 0.25) is 0 Å². The fraction of sp³-hybridized carbons (Fsp3) is 0.318. The molecular weight excluding hydrogens is 437 g/mol. The Morgan fingerprint density at radius 3 is 2.64 bits per heavy atom. The van der Waals surface area contributed by atoms with Gasteiger partial charge in [0.15, 0.2) is 5.96 Å². The molecule has 0 bridgehead atoms. The summed E-state index contributed by atoms with van der Waals surface area (Å²) < 4.78 is 47.1. The quantitative estimate of drug-likeness (QED) is 0.395. The molecule has 0 spiro atoms. The normalized spacial score (nSPS) is 14.5. The van der Waals surface area contributed by atoms with Gasteiger partial charge >= 0.3 is 6.18 Å². The number of halogens is 3. The number of ether oxygens (including phenoxy) is 1. The van der Waals surface area contributed by atoms with Gasteiger partial charge in [-0.2, -0.15) is 13.2 Å². The van der Waals surface area contributed by atoms with Crippen LogP contribution in [0.25, 0.3) is 10.9 Å². The number of benzene rings is 1. The number of nitrogens with zero attached hydrogens (tertiary/aromatic N) is 3. The molecule has 1 aliphatic rings. The molecule has 174 valence electrons. The predicted octanol–water partition coefficient (Wildman–Crippen LogP) is 3.94. The third kappa shape index (κ3) is 4.92. The zero-order valence-electron chi connectivity index (χ0n) is 17.9. The number of nitrogens with two attached hydrogens (primary N) is 1. The smallest absolute Gasteiger partial charge is 0.417 e. The molecule has 0 saturated carbocycles. The van der Waals surface area contributed by atoms with Gasteiger partial charge in [0.25, 0.3) is 5.91 Å². The number of aromatic amines is 1. The first kappa shape index (κ1) is 22.6. The van der Waals surface area contributed by atoms with E-state index in [9.17, 15) is 18.0 Å². The summed E-state index contributed by atoms with van der Waals surface area (Å²) in [5.74, 6) is -0.920. The summed E-state index contributed by atoms with van der Waals surface area (Å²) in [6.07, 6.45) is -0.836. The van der Waals surface area contributed by atoms with E-state index in [1.54, 1.807) is 18.3 Å². The number of likely N-dealkylation sites (tertiary alicyclic amines) is 1. The third-order valence-corrected chi connectivity index (χ3v) is 5.52. The van der Waals surface area contributed by atoms with E-state index in [0.717, 1.165) is 48.7 Å². The summed E-state index contributed by atoms with van der Waals surface area (Å²) in [4.78, 5) is 22.5. The fourth-order valence-electron chi connectivity index (χ4n) is 3.82. The van der Waals surface area contributed by atoms with E-state index < -0.39 is 23.6 Å². The summed E-state index contributed by atoms with van der Waals surface area (Å²) in [5.41, 5.74) is 5.09. The van der Waals surface area contributed by atoms with E-state index in [1.165, 1.54) is 13.1 Å². The number of aromatic nitrogens is 2. The second-order valence-electron chi connectivity index (χ2n) is 7.93. The maximum Gasteiger partial charge on any atom is 0.417 e. The molecule has 11 heteroatoms. The van der Waals surface area contributed by atoms with Crippen LogP contribution in [0.1, 0.15) is 34.6 Å².